The zero-order valence-electron chi connectivity index (χ0n) is 15.5. The molecule has 2 aromatic rings. The average Bonchev–Trinajstić information content (AvgIpc) is 2.69. The molecule has 7 nitrogen and oxygen atoms in total. The van der Waals surface area contributed by atoms with Crippen LogP contribution >= 0.6 is 27.5 Å². The first-order chi connectivity index (χ1) is 13.8. The molecule has 1 saturated heterocycles. The Morgan fingerprint density at radius 3 is 2.48 bits per heavy atom. The highest BCUT2D eigenvalue weighted by Crippen LogP contribution is 2.20. The summed E-state index contributed by atoms with van der Waals surface area (Å²) in [6.07, 6.45) is 1.52. The van der Waals surface area contributed by atoms with Crippen molar-refractivity contribution in [2.75, 3.05) is 32.7 Å². The third-order valence-electron chi connectivity index (χ3n) is 4.40. The molecule has 1 fully saturated rings. The van der Waals surface area contributed by atoms with Gasteiger partial charge < -0.3 is 0 Å². The summed E-state index contributed by atoms with van der Waals surface area (Å²) in [4.78, 5) is 14.2. The molecule has 0 radical (unpaired) electrons. The summed E-state index contributed by atoms with van der Waals surface area (Å²) in [5, 5.41) is 4.52. The summed E-state index contributed by atoms with van der Waals surface area (Å²) in [6, 6.07) is 13.7. The lowest BCUT2D eigenvalue weighted by Crippen LogP contribution is -2.50. The molecular weight excluding hydrogens is 480 g/mol. The molecule has 1 amide bonds. The smallest absolute Gasteiger partial charge is 0.254 e. The summed E-state index contributed by atoms with van der Waals surface area (Å²) in [5.41, 5.74) is 3.26. The van der Waals surface area contributed by atoms with Gasteiger partial charge in [0.1, 0.15) is 0 Å². The molecule has 0 unspecified atom stereocenters. The predicted molar refractivity (Wildman–Crippen MR) is 117 cm³/mol. The van der Waals surface area contributed by atoms with Crippen molar-refractivity contribution in [1.82, 2.24) is 14.6 Å². The molecule has 1 N–H and O–H groups in total. The van der Waals surface area contributed by atoms with Crippen molar-refractivity contribution in [2.24, 2.45) is 5.10 Å². The first kappa shape index (κ1) is 21.9. The Kier molecular flexibility index (Phi) is 7.42. The van der Waals surface area contributed by atoms with Gasteiger partial charge in [-0.05, 0) is 42.0 Å². The molecule has 1 aliphatic heterocycles. The van der Waals surface area contributed by atoms with Crippen LogP contribution in [0.25, 0.3) is 0 Å². The van der Waals surface area contributed by atoms with Crippen LogP contribution in [0.2, 0.25) is 5.02 Å². The van der Waals surface area contributed by atoms with Crippen LogP contribution in [0.1, 0.15) is 5.56 Å². The number of sulfonamides is 1. The van der Waals surface area contributed by atoms with E-state index in [4.69, 9.17) is 11.6 Å². The predicted octanol–water partition coefficient (Wildman–Crippen LogP) is 2.56. The highest BCUT2D eigenvalue weighted by molar-refractivity contribution is 9.10. The summed E-state index contributed by atoms with van der Waals surface area (Å²) in [5.74, 6) is -0.257. The Labute approximate surface area is 183 Å². The first-order valence-electron chi connectivity index (χ1n) is 8.90. The van der Waals surface area contributed by atoms with Crippen LogP contribution in [0, 0.1) is 0 Å². The van der Waals surface area contributed by atoms with Crippen molar-refractivity contribution >= 4 is 49.7 Å². The van der Waals surface area contributed by atoms with Crippen molar-refractivity contribution < 1.29 is 13.2 Å². The van der Waals surface area contributed by atoms with E-state index in [1.165, 1.54) is 10.5 Å². The summed E-state index contributed by atoms with van der Waals surface area (Å²) >= 11 is 9.20. The number of hydrogen-bond donors (Lipinski definition) is 1. The van der Waals surface area contributed by atoms with E-state index in [1.54, 1.807) is 42.5 Å². The molecule has 3 rings (SSSR count). The Morgan fingerprint density at radius 1 is 1.14 bits per heavy atom. The summed E-state index contributed by atoms with van der Waals surface area (Å²) in [7, 11) is -3.53. The molecule has 0 aromatic heterocycles. The third kappa shape index (κ3) is 6.10. The zero-order valence-corrected chi connectivity index (χ0v) is 18.6. The lowest BCUT2D eigenvalue weighted by molar-refractivity contribution is -0.122. The van der Waals surface area contributed by atoms with Crippen LogP contribution in [0.4, 0.5) is 0 Å². The SMILES string of the molecule is O=C(CN1CCN(S(=O)(=O)c2ccc(Br)cc2)CC1)N/N=C\c1cccc(Cl)c1. The van der Waals surface area contributed by atoms with Gasteiger partial charge in [0, 0.05) is 35.7 Å². The number of carbonyl (C=O) groups excluding carboxylic acids is 1. The summed E-state index contributed by atoms with van der Waals surface area (Å²) in [6.45, 7) is 1.76. The normalized spacial score (nSPS) is 16.2. The molecular formula is C19H20BrClN4O3S. The summed E-state index contributed by atoms with van der Waals surface area (Å²) < 4.78 is 27.7. The molecule has 1 aliphatic rings. The number of hydrogen-bond acceptors (Lipinski definition) is 5. The number of benzene rings is 2. The lowest BCUT2D eigenvalue weighted by Gasteiger charge is -2.33. The molecule has 0 aliphatic carbocycles. The van der Waals surface area contributed by atoms with E-state index in [1.807, 2.05) is 11.0 Å². The molecule has 29 heavy (non-hydrogen) atoms. The lowest BCUT2D eigenvalue weighted by atomic mass is 10.2. The molecule has 0 saturated carbocycles. The quantitative estimate of drug-likeness (QED) is 0.489. The van der Waals surface area contributed by atoms with E-state index in [2.05, 4.69) is 26.5 Å². The van der Waals surface area contributed by atoms with E-state index >= 15 is 0 Å². The van der Waals surface area contributed by atoms with Crippen molar-refractivity contribution in [3.8, 4) is 0 Å². The fraction of sp³-hybridized carbons (Fsp3) is 0.263. The molecule has 10 heteroatoms. The van der Waals surface area contributed by atoms with Gasteiger partial charge in [-0.25, -0.2) is 13.8 Å². The standard InChI is InChI=1S/C19H20BrClN4O3S/c20-16-4-6-18(7-5-16)29(27,28)25-10-8-24(9-11-25)14-19(26)23-22-13-15-2-1-3-17(21)12-15/h1-7,12-13H,8-11,14H2,(H,23,26)/b22-13-. The number of amides is 1. The Balaban J connectivity index is 1.48. The Morgan fingerprint density at radius 2 is 1.83 bits per heavy atom. The number of nitrogens with zero attached hydrogens (tertiary/aromatic N) is 3. The van der Waals surface area contributed by atoms with E-state index < -0.39 is 10.0 Å². The van der Waals surface area contributed by atoms with Crippen LogP contribution in [-0.4, -0.2) is 62.5 Å². The van der Waals surface area contributed by atoms with Crippen molar-refractivity contribution in [2.45, 2.75) is 4.90 Å². The average molecular weight is 500 g/mol. The fourth-order valence-corrected chi connectivity index (χ4v) is 4.77. The van der Waals surface area contributed by atoms with Gasteiger partial charge in [-0.3, -0.25) is 9.69 Å². The van der Waals surface area contributed by atoms with Gasteiger partial charge in [0.25, 0.3) is 5.91 Å². The number of piperazine rings is 1. The largest absolute Gasteiger partial charge is 0.292 e. The maximum Gasteiger partial charge on any atom is 0.254 e. The van der Waals surface area contributed by atoms with Gasteiger partial charge in [-0.1, -0.05) is 39.7 Å². The second-order valence-corrected chi connectivity index (χ2v) is 9.77. The maximum absolute atomic E-state index is 12.7. The minimum Gasteiger partial charge on any atom is -0.292 e. The van der Waals surface area contributed by atoms with E-state index in [-0.39, 0.29) is 17.3 Å². The fourth-order valence-electron chi connectivity index (χ4n) is 2.89. The van der Waals surface area contributed by atoms with Gasteiger partial charge in [-0.15, -0.1) is 0 Å². The monoisotopic (exact) mass is 498 g/mol. The minimum absolute atomic E-state index is 0.152. The third-order valence-corrected chi connectivity index (χ3v) is 7.08. The number of rotatable bonds is 6. The first-order valence-corrected chi connectivity index (χ1v) is 11.5. The topological polar surface area (TPSA) is 82.1 Å². The Bertz CT molecular complexity index is 991. The number of hydrazone groups is 1. The highest BCUT2D eigenvalue weighted by Gasteiger charge is 2.28. The van der Waals surface area contributed by atoms with Crippen LogP contribution in [0.15, 0.2) is 63.0 Å². The van der Waals surface area contributed by atoms with Gasteiger partial charge >= 0.3 is 0 Å². The Hall–Kier alpha value is -1.78. The minimum atomic E-state index is -3.53. The van der Waals surface area contributed by atoms with E-state index in [9.17, 15) is 13.2 Å². The van der Waals surface area contributed by atoms with Crippen molar-refractivity contribution in [3.05, 3.63) is 63.6 Å². The zero-order chi connectivity index (χ0) is 20.9. The van der Waals surface area contributed by atoms with Crippen LogP contribution in [0.3, 0.4) is 0 Å². The maximum atomic E-state index is 12.7. The second kappa shape index (κ2) is 9.82. The van der Waals surface area contributed by atoms with Crippen molar-refractivity contribution in [1.29, 1.82) is 0 Å². The molecule has 0 atom stereocenters. The van der Waals surface area contributed by atoms with Crippen LogP contribution in [-0.2, 0) is 14.8 Å². The van der Waals surface area contributed by atoms with Gasteiger partial charge in [0.15, 0.2) is 0 Å². The van der Waals surface area contributed by atoms with E-state index in [0.29, 0.717) is 31.2 Å². The van der Waals surface area contributed by atoms with Gasteiger partial charge in [0.05, 0.1) is 17.7 Å². The van der Waals surface area contributed by atoms with Crippen LogP contribution in [0.5, 0.6) is 0 Å². The van der Waals surface area contributed by atoms with Crippen LogP contribution < -0.4 is 5.43 Å². The molecule has 0 spiro atoms. The molecule has 2 aromatic carbocycles. The van der Waals surface area contributed by atoms with Crippen molar-refractivity contribution in [3.63, 3.8) is 0 Å². The molecule has 1 heterocycles. The van der Waals surface area contributed by atoms with Gasteiger partial charge in [0.2, 0.25) is 10.0 Å². The number of nitrogens with one attached hydrogen (secondary N) is 1. The van der Waals surface area contributed by atoms with Gasteiger partial charge in [-0.2, -0.15) is 9.41 Å². The highest BCUT2D eigenvalue weighted by atomic mass is 79.9. The number of halogens is 2. The number of carbonyl (C=O) groups is 1. The molecule has 154 valence electrons. The van der Waals surface area contributed by atoms with E-state index in [0.717, 1.165) is 10.0 Å². The second-order valence-electron chi connectivity index (χ2n) is 6.48. The molecule has 0 bridgehead atoms.